The molecule has 0 saturated heterocycles. The minimum Gasteiger partial charge on any atom is -0.466 e. The molecule has 0 spiro atoms. The summed E-state index contributed by atoms with van der Waals surface area (Å²) in [4.78, 5) is 23.8. The number of unbranched alkanes of at least 4 members (excludes halogenated alkanes) is 10. The van der Waals surface area contributed by atoms with Crippen LogP contribution in [0.3, 0.4) is 0 Å². The monoisotopic (exact) mass is 461 g/mol. The second kappa shape index (κ2) is 20.4. The van der Waals surface area contributed by atoms with E-state index in [1.807, 2.05) is 0 Å². The van der Waals surface area contributed by atoms with Gasteiger partial charge in [-0.3, -0.25) is 14.1 Å². The van der Waals surface area contributed by atoms with E-state index in [4.69, 9.17) is 9.47 Å². The SMILES string of the molecule is CCCCCCCCOC(=O)CC(C(=O)OCCCCCCCC)S(=O)(=O)O.[K]. The molecule has 0 aromatic carbocycles. The first-order valence-corrected chi connectivity index (χ1v) is 12.1. The molecule has 0 fully saturated rings. The summed E-state index contributed by atoms with van der Waals surface area (Å²) in [5.41, 5.74) is 0. The molecule has 1 unspecified atom stereocenters. The number of esters is 2. The van der Waals surface area contributed by atoms with Crippen LogP contribution < -0.4 is 0 Å². The molecule has 0 bridgehead atoms. The molecule has 7 nitrogen and oxygen atoms in total. The Morgan fingerprint density at radius 1 is 0.759 bits per heavy atom. The summed E-state index contributed by atoms with van der Waals surface area (Å²) in [7, 11) is -4.73. The molecule has 0 aromatic rings. The Morgan fingerprint density at radius 2 is 1.17 bits per heavy atom. The molecule has 0 aliphatic heterocycles. The van der Waals surface area contributed by atoms with Gasteiger partial charge in [-0.1, -0.05) is 78.1 Å². The third-order valence-electron chi connectivity index (χ3n) is 4.48. The van der Waals surface area contributed by atoms with E-state index in [-0.39, 0.29) is 64.6 Å². The first kappa shape index (κ1) is 31.7. The number of rotatable bonds is 18. The first-order valence-electron chi connectivity index (χ1n) is 10.6. The Bertz CT molecular complexity index is 523. The van der Waals surface area contributed by atoms with Crippen molar-refractivity contribution < 1.29 is 32.0 Å². The van der Waals surface area contributed by atoms with E-state index in [0.29, 0.717) is 12.8 Å². The number of carbonyl (C=O) groups is 2. The van der Waals surface area contributed by atoms with Crippen LogP contribution in [0.4, 0.5) is 0 Å². The van der Waals surface area contributed by atoms with Gasteiger partial charge in [-0.2, -0.15) is 8.42 Å². The summed E-state index contributed by atoms with van der Waals surface area (Å²) < 4.78 is 42.0. The molecule has 9 heteroatoms. The van der Waals surface area contributed by atoms with Gasteiger partial charge in [0.1, 0.15) is 0 Å². The second-order valence-electron chi connectivity index (χ2n) is 7.13. The molecule has 29 heavy (non-hydrogen) atoms. The fourth-order valence-corrected chi connectivity index (χ4v) is 3.39. The summed E-state index contributed by atoms with van der Waals surface area (Å²) in [6.07, 6.45) is 11.3. The van der Waals surface area contributed by atoms with Gasteiger partial charge in [0, 0.05) is 51.4 Å². The Balaban J connectivity index is 0. The number of carbonyl (C=O) groups excluding carboxylic acids is 2. The van der Waals surface area contributed by atoms with Crippen LogP contribution in [-0.4, -0.2) is 94.8 Å². The summed E-state index contributed by atoms with van der Waals surface area (Å²) in [5, 5.41) is -1.93. The maximum Gasteiger partial charge on any atom is 0.327 e. The van der Waals surface area contributed by atoms with E-state index in [2.05, 4.69) is 13.8 Å². The van der Waals surface area contributed by atoms with Crippen molar-refractivity contribution in [3.05, 3.63) is 0 Å². The van der Waals surface area contributed by atoms with Gasteiger partial charge in [-0.15, -0.1) is 0 Å². The van der Waals surface area contributed by atoms with Crippen LogP contribution in [0.25, 0.3) is 0 Å². The summed E-state index contributed by atoms with van der Waals surface area (Å²) >= 11 is 0. The largest absolute Gasteiger partial charge is 0.466 e. The zero-order valence-electron chi connectivity index (χ0n) is 18.5. The molecule has 0 amide bonds. The van der Waals surface area contributed by atoms with Crippen LogP contribution in [0.2, 0.25) is 0 Å². The van der Waals surface area contributed by atoms with Crippen molar-refractivity contribution in [2.45, 2.75) is 103 Å². The molecule has 0 rings (SSSR count). The van der Waals surface area contributed by atoms with Crippen molar-refractivity contribution in [3.63, 3.8) is 0 Å². The average molecular weight is 462 g/mol. The Morgan fingerprint density at radius 3 is 1.62 bits per heavy atom. The fraction of sp³-hybridized carbons (Fsp3) is 0.900. The summed E-state index contributed by atoms with van der Waals surface area (Å²) in [6.45, 7) is 4.50. The summed E-state index contributed by atoms with van der Waals surface area (Å²) in [5.74, 6) is -1.93. The zero-order chi connectivity index (χ0) is 21.3. The molecule has 167 valence electrons. The van der Waals surface area contributed by atoms with Gasteiger partial charge in [-0.25, -0.2) is 0 Å². The maximum absolute atomic E-state index is 12.0. The van der Waals surface area contributed by atoms with Gasteiger partial charge in [0.15, 0.2) is 5.25 Å². The molecule has 0 aromatic heterocycles. The molecule has 0 saturated carbocycles. The zero-order valence-corrected chi connectivity index (χ0v) is 22.4. The average Bonchev–Trinajstić information content (AvgIpc) is 2.63. The molecule has 1 atom stereocenters. The Hall–Kier alpha value is 0.486. The van der Waals surface area contributed by atoms with Crippen LogP contribution in [0, 0.1) is 0 Å². The van der Waals surface area contributed by atoms with Crippen LogP contribution in [-0.2, 0) is 29.2 Å². The topological polar surface area (TPSA) is 107 Å². The minimum atomic E-state index is -4.73. The van der Waals surface area contributed by atoms with Gasteiger partial charge < -0.3 is 9.47 Å². The van der Waals surface area contributed by atoms with Gasteiger partial charge in [0.25, 0.3) is 10.1 Å². The fourth-order valence-electron chi connectivity index (χ4n) is 2.74. The number of hydrogen-bond acceptors (Lipinski definition) is 6. The van der Waals surface area contributed by atoms with Crippen LogP contribution >= 0.6 is 0 Å². The predicted octanol–water partition coefficient (Wildman–Crippen LogP) is 4.06. The molecule has 0 aliphatic carbocycles. The van der Waals surface area contributed by atoms with Gasteiger partial charge in [-0.05, 0) is 12.8 Å². The van der Waals surface area contributed by atoms with Crippen molar-refractivity contribution in [3.8, 4) is 0 Å². The number of ether oxygens (including phenoxy) is 2. The Labute approximate surface area is 219 Å². The Kier molecular flexibility index (Phi) is 22.3. The van der Waals surface area contributed by atoms with Crippen molar-refractivity contribution >= 4 is 73.4 Å². The van der Waals surface area contributed by atoms with Crippen LogP contribution in [0.5, 0.6) is 0 Å². The third-order valence-corrected chi connectivity index (χ3v) is 5.56. The molecule has 0 heterocycles. The standard InChI is InChI=1S/C20H38O7S.K/c1-3-5-7-9-11-13-15-26-19(21)17-18(28(23,24)25)20(22)27-16-14-12-10-8-6-4-2;/h18H,3-17H2,1-2H3,(H,23,24,25);. The molecular weight excluding hydrogens is 423 g/mol. The van der Waals surface area contributed by atoms with E-state index in [1.54, 1.807) is 0 Å². The molecule has 1 N–H and O–H groups in total. The van der Waals surface area contributed by atoms with E-state index in [0.717, 1.165) is 57.8 Å². The van der Waals surface area contributed by atoms with E-state index >= 15 is 0 Å². The van der Waals surface area contributed by atoms with E-state index in [1.165, 1.54) is 6.42 Å². The first-order chi connectivity index (χ1) is 13.3. The molecule has 1 radical (unpaired) electrons. The quantitative estimate of drug-likeness (QED) is 0.142. The summed E-state index contributed by atoms with van der Waals surface area (Å²) in [6, 6.07) is 0. The molecule has 0 aliphatic rings. The molecular formula is C20H38KO7S. The maximum atomic E-state index is 12.0. The predicted molar refractivity (Wildman–Crippen MR) is 114 cm³/mol. The van der Waals surface area contributed by atoms with E-state index in [9.17, 15) is 22.6 Å². The number of hydrogen-bond donors (Lipinski definition) is 1. The van der Waals surface area contributed by atoms with E-state index < -0.39 is 33.7 Å². The normalized spacial score (nSPS) is 12.1. The van der Waals surface area contributed by atoms with Crippen LogP contribution in [0.15, 0.2) is 0 Å². The van der Waals surface area contributed by atoms with Gasteiger partial charge in [0.2, 0.25) is 0 Å². The smallest absolute Gasteiger partial charge is 0.327 e. The van der Waals surface area contributed by atoms with Crippen molar-refractivity contribution in [2.24, 2.45) is 0 Å². The van der Waals surface area contributed by atoms with Crippen molar-refractivity contribution in [2.75, 3.05) is 13.2 Å². The third kappa shape index (κ3) is 18.9. The van der Waals surface area contributed by atoms with Gasteiger partial charge in [0.05, 0.1) is 19.6 Å². The second-order valence-corrected chi connectivity index (χ2v) is 8.73. The van der Waals surface area contributed by atoms with Crippen molar-refractivity contribution in [1.82, 2.24) is 0 Å². The minimum absolute atomic E-state index is 0. The van der Waals surface area contributed by atoms with Crippen LogP contribution in [0.1, 0.15) is 97.3 Å². The van der Waals surface area contributed by atoms with Crippen molar-refractivity contribution in [1.29, 1.82) is 0 Å². The van der Waals surface area contributed by atoms with Gasteiger partial charge >= 0.3 is 11.9 Å².